The first-order valence-corrected chi connectivity index (χ1v) is 8.41. The summed E-state index contributed by atoms with van der Waals surface area (Å²) in [6.07, 6.45) is 2.36. The van der Waals surface area contributed by atoms with E-state index < -0.39 is 5.97 Å². The molecular weight excluding hydrogens is 316 g/mol. The summed E-state index contributed by atoms with van der Waals surface area (Å²) in [4.78, 5) is 27.2. The molecule has 6 heteroatoms. The lowest BCUT2D eigenvalue weighted by Gasteiger charge is -2.28. The molecule has 124 valence electrons. The quantitative estimate of drug-likeness (QED) is 0.898. The van der Waals surface area contributed by atoms with Gasteiger partial charge in [0, 0.05) is 31.2 Å². The van der Waals surface area contributed by atoms with Crippen molar-refractivity contribution in [1.82, 2.24) is 9.80 Å². The molecule has 3 rings (SSSR count). The Morgan fingerprint density at radius 3 is 2.52 bits per heavy atom. The number of hydrogen-bond donors (Lipinski definition) is 1. The molecule has 0 spiro atoms. The maximum absolute atomic E-state index is 12.8. The molecule has 2 fully saturated rings. The van der Waals surface area contributed by atoms with Crippen molar-refractivity contribution < 1.29 is 14.7 Å². The zero-order chi connectivity index (χ0) is 16.4. The standard InChI is InChI=1S/C17H21ClN2O3/c18-15-3-1-2-12(8-15)9-19(7-6-16(21)22)17(23)20-10-13-4-5-14(13)11-20/h1-3,8,13-14H,4-7,9-11H2,(H,21,22)/t13-,14+. The number of likely N-dealkylation sites (tertiary alicyclic amines) is 1. The largest absolute Gasteiger partial charge is 0.481 e. The van der Waals surface area contributed by atoms with Gasteiger partial charge < -0.3 is 14.9 Å². The van der Waals surface area contributed by atoms with Crippen LogP contribution in [0.4, 0.5) is 4.79 Å². The van der Waals surface area contributed by atoms with E-state index in [2.05, 4.69) is 0 Å². The number of benzene rings is 1. The summed E-state index contributed by atoms with van der Waals surface area (Å²) in [7, 11) is 0. The van der Waals surface area contributed by atoms with Gasteiger partial charge in [-0.1, -0.05) is 23.7 Å². The van der Waals surface area contributed by atoms with E-state index in [0.717, 1.165) is 18.7 Å². The predicted octanol–water partition coefficient (Wildman–Crippen LogP) is 3.08. The molecule has 1 saturated heterocycles. The maximum Gasteiger partial charge on any atom is 0.320 e. The van der Waals surface area contributed by atoms with Crippen molar-refractivity contribution in [2.24, 2.45) is 11.8 Å². The zero-order valence-electron chi connectivity index (χ0n) is 12.9. The molecule has 0 bridgehead atoms. The molecule has 2 amide bonds. The number of carbonyl (C=O) groups is 2. The van der Waals surface area contributed by atoms with Gasteiger partial charge in [0.1, 0.15) is 0 Å². The number of carboxylic acid groups (broad SMARTS) is 1. The average Bonchev–Trinajstić information content (AvgIpc) is 2.78. The van der Waals surface area contributed by atoms with Gasteiger partial charge in [0.25, 0.3) is 0 Å². The lowest BCUT2D eigenvalue weighted by Crippen LogP contribution is -2.42. The number of fused-ring (bicyclic) bond motifs is 1. The fourth-order valence-corrected chi connectivity index (χ4v) is 3.66. The molecule has 1 heterocycles. The van der Waals surface area contributed by atoms with Crippen LogP contribution in [0.5, 0.6) is 0 Å². The van der Waals surface area contributed by atoms with E-state index in [1.165, 1.54) is 12.8 Å². The third kappa shape index (κ3) is 3.78. The van der Waals surface area contributed by atoms with Gasteiger partial charge in [0.05, 0.1) is 6.42 Å². The number of rotatable bonds is 5. The first kappa shape index (κ1) is 16.1. The second-order valence-corrected chi connectivity index (χ2v) is 6.92. The lowest BCUT2D eigenvalue weighted by molar-refractivity contribution is -0.137. The fourth-order valence-electron chi connectivity index (χ4n) is 3.44. The Morgan fingerprint density at radius 2 is 1.96 bits per heavy atom. The smallest absolute Gasteiger partial charge is 0.320 e. The Hall–Kier alpha value is -1.75. The average molecular weight is 337 g/mol. The van der Waals surface area contributed by atoms with E-state index in [9.17, 15) is 9.59 Å². The van der Waals surface area contributed by atoms with Gasteiger partial charge >= 0.3 is 12.0 Å². The highest BCUT2D eigenvalue weighted by molar-refractivity contribution is 6.30. The number of carbonyl (C=O) groups excluding carboxylic acids is 1. The first-order chi connectivity index (χ1) is 11.0. The second kappa shape index (κ2) is 6.79. The number of halogens is 1. The summed E-state index contributed by atoms with van der Waals surface area (Å²) in [6, 6.07) is 7.29. The van der Waals surface area contributed by atoms with E-state index in [1.54, 1.807) is 11.0 Å². The van der Waals surface area contributed by atoms with Crippen LogP contribution in [-0.4, -0.2) is 46.5 Å². The van der Waals surface area contributed by atoms with Crippen LogP contribution in [0, 0.1) is 11.8 Å². The highest BCUT2D eigenvalue weighted by Gasteiger charge is 2.41. The van der Waals surface area contributed by atoms with Crippen molar-refractivity contribution in [1.29, 1.82) is 0 Å². The topological polar surface area (TPSA) is 60.9 Å². The fraction of sp³-hybridized carbons (Fsp3) is 0.529. The summed E-state index contributed by atoms with van der Waals surface area (Å²) in [5.41, 5.74) is 0.915. The van der Waals surface area contributed by atoms with Crippen LogP contribution < -0.4 is 0 Å². The molecule has 1 N–H and O–H groups in total. The molecule has 1 aliphatic carbocycles. The van der Waals surface area contributed by atoms with Crippen molar-refractivity contribution >= 4 is 23.6 Å². The lowest BCUT2D eigenvalue weighted by atomic mass is 9.77. The molecule has 1 saturated carbocycles. The van der Waals surface area contributed by atoms with E-state index in [1.807, 2.05) is 23.1 Å². The van der Waals surface area contributed by atoms with Crippen LogP contribution >= 0.6 is 11.6 Å². The number of amides is 2. The Kier molecular flexibility index (Phi) is 4.76. The van der Waals surface area contributed by atoms with Gasteiger partial charge in [-0.05, 0) is 42.4 Å². The first-order valence-electron chi connectivity index (χ1n) is 8.03. The van der Waals surface area contributed by atoms with Crippen LogP contribution in [0.1, 0.15) is 24.8 Å². The third-order valence-electron chi connectivity index (χ3n) is 4.88. The Bertz CT molecular complexity index is 595. The van der Waals surface area contributed by atoms with Crippen LogP contribution in [0.3, 0.4) is 0 Å². The molecule has 0 unspecified atom stereocenters. The Labute approximate surface area is 140 Å². The van der Waals surface area contributed by atoms with Crippen LogP contribution in [0.15, 0.2) is 24.3 Å². The van der Waals surface area contributed by atoms with Crippen molar-refractivity contribution in [3.63, 3.8) is 0 Å². The molecule has 23 heavy (non-hydrogen) atoms. The third-order valence-corrected chi connectivity index (χ3v) is 5.12. The predicted molar refractivity (Wildman–Crippen MR) is 87.3 cm³/mol. The summed E-state index contributed by atoms with van der Waals surface area (Å²) < 4.78 is 0. The van der Waals surface area contributed by atoms with Crippen LogP contribution in [0.25, 0.3) is 0 Å². The van der Waals surface area contributed by atoms with Crippen LogP contribution in [-0.2, 0) is 11.3 Å². The second-order valence-electron chi connectivity index (χ2n) is 6.48. The Balaban J connectivity index is 1.69. The summed E-state index contributed by atoms with van der Waals surface area (Å²) in [5, 5.41) is 9.56. The molecule has 0 aromatic heterocycles. The molecule has 1 aliphatic heterocycles. The van der Waals surface area contributed by atoms with Crippen LogP contribution in [0.2, 0.25) is 5.02 Å². The summed E-state index contributed by atoms with van der Waals surface area (Å²) in [5.74, 6) is 0.397. The SMILES string of the molecule is O=C(O)CCN(Cc1cccc(Cl)c1)C(=O)N1C[C@H]2CC[C@H]2C1. The minimum Gasteiger partial charge on any atom is -0.481 e. The molecule has 5 nitrogen and oxygen atoms in total. The molecule has 1 aromatic rings. The number of urea groups is 1. The molecular formula is C17H21ClN2O3. The number of hydrogen-bond acceptors (Lipinski definition) is 2. The zero-order valence-corrected chi connectivity index (χ0v) is 13.7. The molecule has 1 aromatic carbocycles. The molecule has 2 aliphatic rings. The monoisotopic (exact) mass is 336 g/mol. The maximum atomic E-state index is 12.8. The number of aliphatic carboxylic acids is 1. The minimum atomic E-state index is -0.893. The van der Waals surface area contributed by atoms with Crippen molar-refractivity contribution in [2.75, 3.05) is 19.6 Å². The van der Waals surface area contributed by atoms with E-state index in [4.69, 9.17) is 16.7 Å². The number of carboxylic acids is 1. The van der Waals surface area contributed by atoms with Gasteiger partial charge in [-0.15, -0.1) is 0 Å². The van der Waals surface area contributed by atoms with Gasteiger partial charge in [-0.2, -0.15) is 0 Å². The highest BCUT2D eigenvalue weighted by atomic mass is 35.5. The number of nitrogens with zero attached hydrogens (tertiary/aromatic N) is 2. The summed E-state index contributed by atoms with van der Waals surface area (Å²) >= 11 is 6.00. The van der Waals surface area contributed by atoms with Crippen molar-refractivity contribution in [2.45, 2.75) is 25.8 Å². The van der Waals surface area contributed by atoms with E-state index in [-0.39, 0.29) is 19.0 Å². The van der Waals surface area contributed by atoms with E-state index in [0.29, 0.717) is 23.4 Å². The molecule has 2 atom stereocenters. The normalized spacial score (nSPS) is 22.4. The van der Waals surface area contributed by atoms with Gasteiger partial charge in [0.2, 0.25) is 0 Å². The Morgan fingerprint density at radius 1 is 1.26 bits per heavy atom. The molecule has 0 radical (unpaired) electrons. The van der Waals surface area contributed by atoms with Gasteiger partial charge in [-0.3, -0.25) is 4.79 Å². The van der Waals surface area contributed by atoms with Gasteiger partial charge in [0.15, 0.2) is 0 Å². The van der Waals surface area contributed by atoms with E-state index >= 15 is 0 Å². The minimum absolute atomic E-state index is 0.0486. The van der Waals surface area contributed by atoms with Crippen molar-refractivity contribution in [3.8, 4) is 0 Å². The van der Waals surface area contributed by atoms with Crippen molar-refractivity contribution in [3.05, 3.63) is 34.9 Å². The highest BCUT2D eigenvalue weighted by Crippen LogP contribution is 2.40. The van der Waals surface area contributed by atoms with Gasteiger partial charge in [-0.25, -0.2) is 4.79 Å². The summed E-state index contributed by atoms with van der Waals surface area (Å²) in [6.45, 7) is 2.22.